The van der Waals surface area contributed by atoms with E-state index in [2.05, 4.69) is 29.6 Å². The summed E-state index contributed by atoms with van der Waals surface area (Å²) in [6.07, 6.45) is -0.229. The first kappa shape index (κ1) is 15.0. The molecule has 1 atom stereocenters. The fourth-order valence-electron chi connectivity index (χ4n) is 3.83. The van der Waals surface area contributed by atoms with Crippen molar-refractivity contribution in [3.8, 4) is 11.3 Å². The topological polar surface area (TPSA) is 51.9 Å². The largest absolute Gasteiger partial charge is 0.359 e. The lowest BCUT2D eigenvalue weighted by Crippen LogP contribution is -2.28. The van der Waals surface area contributed by atoms with Gasteiger partial charge in [-0.15, -0.1) is 0 Å². The Balaban J connectivity index is 1.82. The van der Waals surface area contributed by atoms with Crippen LogP contribution in [0.25, 0.3) is 22.2 Å². The molecule has 0 radical (unpaired) electrons. The number of nitrogens with zero attached hydrogens (tertiary/aromatic N) is 3. The predicted octanol–water partition coefficient (Wildman–Crippen LogP) is 3.68. The van der Waals surface area contributed by atoms with Crippen LogP contribution in [0, 0.1) is 6.92 Å². The van der Waals surface area contributed by atoms with Crippen LogP contribution in [-0.4, -0.2) is 14.3 Å². The maximum Gasteiger partial charge on any atom is 0.251 e. The SMILES string of the molecule is Cc1cc2n(n1)[C@@H](c1cc(=O)n(C)c3ccccc13)Nc1ccccc1-2. The number of nitrogens with one attached hydrogen (secondary N) is 1. The van der Waals surface area contributed by atoms with E-state index in [1.807, 2.05) is 49.0 Å². The van der Waals surface area contributed by atoms with Crippen LogP contribution in [0.1, 0.15) is 17.4 Å². The number of benzene rings is 2. The lowest BCUT2D eigenvalue weighted by molar-refractivity contribution is 0.573. The molecule has 0 fully saturated rings. The van der Waals surface area contributed by atoms with E-state index in [0.29, 0.717) is 0 Å². The first-order chi connectivity index (χ1) is 12.6. The zero-order chi connectivity index (χ0) is 17.8. The highest BCUT2D eigenvalue weighted by Crippen LogP contribution is 2.39. The van der Waals surface area contributed by atoms with Gasteiger partial charge in [-0.3, -0.25) is 4.79 Å². The van der Waals surface area contributed by atoms with Gasteiger partial charge in [0.05, 0.1) is 16.9 Å². The molecule has 0 saturated heterocycles. The van der Waals surface area contributed by atoms with Crippen LogP contribution in [0.2, 0.25) is 0 Å². The molecule has 2 aromatic heterocycles. The van der Waals surface area contributed by atoms with Crippen molar-refractivity contribution in [3.63, 3.8) is 0 Å². The van der Waals surface area contributed by atoms with E-state index in [-0.39, 0.29) is 11.7 Å². The Morgan fingerprint density at radius 2 is 1.81 bits per heavy atom. The molecular formula is C21H18N4O. The molecule has 0 amide bonds. The molecule has 128 valence electrons. The van der Waals surface area contributed by atoms with Gasteiger partial charge in [-0.1, -0.05) is 36.4 Å². The van der Waals surface area contributed by atoms with Gasteiger partial charge in [0.25, 0.3) is 5.56 Å². The van der Waals surface area contributed by atoms with Gasteiger partial charge in [-0.25, -0.2) is 4.68 Å². The van der Waals surface area contributed by atoms with Gasteiger partial charge in [-0.2, -0.15) is 5.10 Å². The number of hydrogen-bond donors (Lipinski definition) is 1. The Labute approximate surface area is 150 Å². The molecule has 5 rings (SSSR count). The molecule has 0 aliphatic carbocycles. The molecule has 0 unspecified atom stereocenters. The second kappa shape index (κ2) is 5.33. The van der Waals surface area contributed by atoms with E-state index in [0.717, 1.165) is 39.1 Å². The molecule has 1 aliphatic heterocycles. The average molecular weight is 342 g/mol. The lowest BCUT2D eigenvalue weighted by atomic mass is 10.0. The summed E-state index contributed by atoms with van der Waals surface area (Å²) in [6, 6.07) is 20.0. The van der Waals surface area contributed by atoms with Crippen LogP contribution in [0.15, 0.2) is 65.5 Å². The van der Waals surface area contributed by atoms with Crippen molar-refractivity contribution in [3.05, 3.63) is 82.3 Å². The van der Waals surface area contributed by atoms with Crippen LogP contribution in [-0.2, 0) is 7.05 Å². The Hall–Kier alpha value is -3.34. The summed E-state index contributed by atoms with van der Waals surface area (Å²) >= 11 is 0. The molecule has 5 heteroatoms. The summed E-state index contributed by atoms with van der Waals surface area (Å²) in [4.78, 5) is 12.6. The van der Waals surface area contributed by atoms with Crippen LogP contribution in [0.4, 0.5) is 5.69 Å². The zero-order valence-corrected chi connectivity index (χ0v) is 14.6. The number of fused-ring (bicyclic) bond motifs is 4. The summed E-state index contributed by atoms with van der Waals surface area (Å²) in [5.41, 5.74) is 6.02. The van der Waals surface area contributed by atoms with E-state index in [1.165, 1.54) is 0 Å². The van der Waals surface area contributed by atoms with Gasteiger partial charge in [0, 0.05) is 35.3 Å². The molecular weight excluding hydrogens is 324 g/mol. The van der Waals surface area contributed by atoms with Crippen LogP contribution in [0.3, 0.4) is 0 Å². The van der Waals surface area contributed by atoms with Crippen molar-refractivity contribution in [1.82, 2.24) is 14.3 Å². The summed E-state index contributed by atoms with van der Waals surface area (Å²) in [6.45, 7) is 1.99. The van der Waals surface area contributed by atoms with Crippen molar-refractivity contribution < 1.29 is 0 Å². The zero-order valence-electron chi connectivity index (χ0n) is 14.6. The average Bonchev–Trinajstić information content (AvgIpc) is 3.06. The molecule has 3 heterocycles. The summed E-state index contributed by atoms with van der Waals surface area (Å²) in [5, 5.41) is 9.33. The molecule has 0 saturated carbocycles. The van der Waals surface area contributed by atoms with Gasteiger partial charge in [0.1, 0.15) is 6.17 Å². The molecule has 26 heavy (non-hydrogen) atoms. The Kier molecular flexibility index (Phi) is 3.06. The van der Waals surface area contributed by atoms with E-state index in [9.17, 15) is 4.79 Å². The number of aromatic nitrogens is 3. The van der Waals surface area contributed by atoms with Crippen molar-refractivity contribution >= 4 is 16.6 Å². The van der Waals surface area contributed by atoms with Crippen molar-refractivity contribution in [2.45, 2.75) is 13.1 Å². The highest BCUT2D eigenvalue weighted by molar-refractivity contribution is 5.85. The predicted molar refractivity (Wildman–Crippen MR) is 103 cm³/mol. The third-order valence-corrected chi connectivity index (χ3v) is 5.08. The smallest absolute Gasteiger partial charge is 0.251 e. The first-order valence-electron chi connectivity index (χ1n) is 8.64. The minimum Gasteiger partial charge on any atom is -0.359 e. The van der Waals surface area contributed by atoms with E-state index >= 15 is 0 Å². The number of anilines is 1. The summed E-state index contributed by atoms with van der Waals surface area (Å²) in [5.74, 6) is 0. The fourth-order valence-corrected chi connectivity index (χ4v) is 3.83. The number of hydrogen-bond acceptors (Lipinski definition) is 3. The van der Waals surface area contributed by atoms with Crippen molar-refractivity contribution in [2.75, 3.05) is 5.32 Å². The number of para-hydroxylation sites is 2. The molecule has 4 aromatic rings. The molecule has 2 aromatic carbocycles. The normalized spacial score (nSPS) is 15.4. The molecule has 0 bridgehead atoms. The van der Waals surface area contributed by atoms with Gasteiger partial charge in [-0.05, 0) is 25.1 Å². The Morgan fingerprint density at radius 3 is 2.69 bits per heavy atom. The molecule has 5 nitrogen and oxygen atoms in total. The highest BCUT2D eigenvalue weighted by atomic mass is 16.1. The third-order valence-electron chi connectivity index (χ3n) is 5.08. The quantitative estimate of drug-likeness (QED) is 0.574. The molecule has 0 spiro atoms. The van der Waals surface area contributed by atoms with E-state index < -0.39 is 0 Å². The van der Waals surface area contributed by atoms with Gasteiger partial charge in [0.15, 0.2) is 0 Å². The van der Waals surface area contributed by atoms with E-state index in [4.69, 9.17) is 5.10 Å². The van der Waals surface area contributed by atoms with E-state index in [1.54, 1.807) is 10.6 Å². The molecule has 1 N–H and O–H groups in total. The molecule has 1 aliphatic rings. The Bertz CT molecular complexity index is 1220. The lowest BCUT2D eigenvalue weighted by Gasteiger charge is -2.30. The van der Waals surface area contributed by atoms with Gasteiger partial charge >= 0.3 is 0 Å². The summed E-state index contributed by atoms with van der Waals surface area (Å²) < 4.78 is 3.67. The maximum absolute atomic E-state index is 12.6. The number of pyridine rings is 1. The number of aryl methyl sites for hydroxylation is 2. The Morgan fingerprint density at radius 1 is 1.04 bits per heavy atom. The minimum atomic E-state index is -0.229. The van der Waals surface area contributed by atoms with Crippen molar-refractivity contribution in [1.29, 1.82) is 0 Å². The van der Waals surface area contributed by atoms with Crippen LogP contribution < -0.4 is 10.9 Å². The monoisotopic (exact) mass is 342 g/mol. The van der Waals surface area contributed by atoms with Crippen molar-refractivity contribution in [2.24, 2.45) is 7.05 Å². The third kappa shape index (κ3) is 2.03. The summed E-state index contributed by atoms with van der Waals surface area (Å²) in [7, 11) is 1.81. The maximum atomic E-state index is 12.6. The van der Waals surface area contributed by atoms with Gasteiger partial charge < -0.3 is 9.88 Å². The highest BCUT2D eigenvalue weighted by Gasteiger charge is 2.28. The second-order valence-electron chi connectivity index (χ2n) is 6.72. The van der Waals surface area contributed by atoms with Crippen LogP contribution >= 0.6 is 0 Å². The van der Waals surface area contributed by atoms with Crippen LogP contribution in [0.5, 0.6) is 0 Å². The minimum absolute atomic E-state index is 0.0233. The fraction of sp³-hybridized carbons (Fsp3) is 0.143. The standard InChI is InChI=1S/C21H18N4O/c1-13-11-19-15-8-3-5-9-17(15)22-21(25(19)23-13)16-12-20(26)24(2)18-10-6-4-7-14(16)18/h3-12,21-22H,1-2H3/t21-/m0/s1. The van der Waals surface area contributed by atoms with Gasteiger partial charge in [0.2, 0.25) is 0 Å². The number of rotatable bonds is 1. The first-order valence-corrected chi connectivity index (χ1v) is 8.64. The second-order valence-corrected chi connectivity index (χ2v) is 6.72.